The first-order valence-electron chi connectivity index (χ1n) is 11.4. The van der Waals surface area contributed by atoms with Crippen molar-refractivity contribution in [3.8, 4) is 0 Å². The average molecular weight is 464 g/mol. The zero-order chi connectivity index (χ0) is 23.6. The van der Waals surface area contributed by atoms with E-state index in [1.54, 1.807) is 6.07 Å². The van der Waals surface area contributed by atoms with E-state index in [1.807, 2.05) is 40.1 Å². The topological polar surface area (TPSA) is 52.7 Å². The summed E-state index contributed by atoms with van der Waals surface area (Å²) in [4.78, 5) is 4.81. The maximum absolute atomic E-state index is 13.2. The van der Waals surface area contributed by atoms with Crippen LogP contribution in [0.5, 0.6) is 0 Å². The molecule has 0 bridgehead atoms. The van der Waals surface area contributed by atoms with Crippen molar-refractivity contribution < 1.29 is 8.42 Å². The van der Waals surface area contributed by atoms with Crippen molar-refractivity contribution in [2.24, 2.45) is 0 Å². The van der Waals surface area contributed by atoms with E-state index in [9.17, 15) is 8.42 Å². The van der Waals surface area contributed by atoms with Crippen molar-refractivity contribution in [2.45, 2.75) is 37.8 Å². The van der Waals surface area contributed by atoms with Crippen molar-refractivity contribution >= 4 is 15.7 Å². The standard InChI is InChI=1S/C27H33N3O2S/c1-20-9-10-21(2)27(17-20)33(31,32)28-18-26(23-11-13-25(14-12-23)29(3)4)30-16-15-22-7-5-6-8-24(22)19-30/h5-14,17,26,28H,15-16,18-19H2,1-4H3/t26-/m0/s1. The van der Waals surface area contributed by atoms with E-state index in [4.69, 9.17) is 0 Å². The van der Waals surface area contributed by atoms with Gasteiger partial charge in [0.1, 0.15) is 0 Å². The van der Waals surface area contributed by atoms with Gasteiger partial charge in [-0.3, -0.25) is 4.90 Å². The molecule has 0 amide bonds. The van der Waals surface area contributed by atoms with Crippen LogP contribution in [0.2, 0.25) is 0 Å². The lowest BCUT2D eigenvalue weighted by molar-refractivity contribution is 0.180. The molecule has 0 aliphatic carbocycles. The van der Waals surface area contributed by atoms with Gasteiger partial charge in [0.15, 0.2) is 0 Å². The molecule has 3 aromatic rings. The van der Waals surface area contributed by atoms with Crippen LogP contribution >= 0.6 is 0 Å². The Labute approximate surface area is 198 Å². The first-order chi connectivity index (χ1) is 15.7. The predicted molar refractivity (Wildman–Crippen MR) is 135 cm³/mol. The number of benzene rings is 3. The summed E-state index contributed by atoms with van der Waals surface area (Å²) in [6.45, 7) is 5.77. The molecule has 5 nitrogen and oxygen atoms in total. The van der Waals surface area contributed by atoms with Gasteiger partial charge >= 0.3 is 0 Å². The second-order valence-corrected chi connectivity index (χ2v) is 10.8. The first kappa shape index (κ1) is 23.5. The highest BCUT2D eigenvalue weighted by atomic mass is 32.2. The van der Waals surface area contributed by atoms with Crippen LogP contribution in [0.15, 0.2) is 71.6 Å². The molecule has 0 unspecified atom stereocenters. The zero-order valence-electron chi connectivity index (χ0n) is 19.9. The number of aryl methyl sites for hydroxylation is 2. The quantitative estimate of drug-likeness (QED) is 0.563. The van der Waals surface area contributed by atoms with Crippen LogP contribution in [-0.4, -0.2) is 40.5 Å². The van der Waals surface area contributed by atoms with Gasteiger partial charge in [-0.05, 0) is 66.3 Å². The summed E-state index contributed by atoms with van der Waals surface area (Å²) >= 11 is 0. The summed E-state index contributed by atoms with van der Waals surface area (Å²) in [6, 6.07) is 22.4. The van der Waals surface area contributed by atoms with E-state index in [0.29, 0.717) is 11.4 Å². The third kappa shape index (κ3) is 5.29. The summed E-state index contributed by atoms with van der Waals surface area (Å²) in [5.41, 5.74) is 6.62. The normalized spacial score (nSPS) is 15.2. The molecule has 3 aromatic carbocycles. The number of fused-ring (bicyclic) bond motifs is 1. The maximum atomic E-state index is 13.2. The van der Waals surface area contributed by atoms with Crippen molar-refractivity contribution in [1.29, 1.82) is 0 Å². The Morgan fingerprint density at radius 1 is 0.970 bits per heavy atom. The fourth-order valence-corrected chi connectivity index (χ4v) is 5.86. The molecule has 1 N–H and O–H groups in total. The van der Waals surface area contributed by atoms with E-state index in [1.165, 1.54) is 11.1 Å². The zero-order valence-corrected chi connectivity index (χ0v) is 20.7. The molecule has 174 valence electrons. The lowest BCUT2D eigenvalue weighted by atomic mass is 9.96. The molecule has 6 heteroatoms. The molecule has 33 heavy (non-hydrogen) atoms. The Hall–Kier alpha value is -2.67. The minimum Gasteiger partial charge on any atom is -0.378 e. The largest absolute Gasteiger partial charge is 0.378 e. The monoisotopic (exact) mass is 463 g/mol. The molecule has 0 radical (unpaired) electrons. The van der Waals surface area contributed by atoms with E-state index >= 15 is 0 Å². The highest BCUT2D eigenvalue weighted by Crippen LogP contribution is 2.29. The average Bonchev–Trinajstić information content (AvgIpc) is 2.81. The van der Waals surface area contributed by atoms with Gasteiger partial charge in [-0.15, -0.1) is 0 Å². The van der Waals surface area contributed by atoms with Gasteiger partial charge in [-0.1, -0.05) is 48.5 Å². The highest BCUT2D eigenvalue weighted by Gasteiger charge is 2.27. The van der Waals surface area contributed by atoms with Crippen LogP contribution in [0.4, 0.5) is 5.69 Å². The number of hydrogen-bond acceptors (Lipinski definition) is 4. The van der Waals surface area contributed by atoms with Crippen LogP contribution in [0.3, 0.4) is 0 Å². The van der Waals surface area contributed by atoms with Gasteiger partial charge in [0.2, 0.25) is 10.0 Å². The third-order valence-corrected chi connectivity index (χ3v) is 8.06. The van der Waals surface area contributed by atoms with Crippen LogP contribution < -0.4 is 9.62 Å². The molecule has 0 spiro atoms. The van der Waals surface area contributed by atoms with Gasteiger partial charge in [0.25, 0.3) is 0 Å². The molecule has 4 rings (SSSR count). The van der Waals surface area contributed by atoms with Gasteiger partial charge in [0.05, 0.1) is 4.90 Å². The van der Waals surface area contributed by atoms with Crippen molar-refractivity contribution in [3.05, 3.63) is 94.5 Å². The van der Waals surface area contributed by atoms with E-state index < -0.39 is 10.0 Å². The molecular weight excluding hydrogens is 430 g/mol. The summed E-state index contributed by atoms with van der Waals surface area (Å²) in [5.74, 6) is 0. The molecule has 0 fully saturated rings. The Morgan fingerprint density at radius 2 is 1.67 bits per heavy atom. The maximum Gasteiger partial charge on any atom is 0.240 e. The van der Waals surface area contributed by atoms with Crippen LogP contribution in [0.25, 0.3) is 0 Å². The van der Waals surface area contributed by atoms with Gasteiger partial charge in [-0.25, -0.2) is 13.1 Å². The smallest absolute Gasteiger partial charge is 0.240 e. The number of nitrogens with zero attached hydrogens (tertiary/aromatic N) is 2. The van der Waals surface area contributed by atoms with Crippen molar-refractivity contribution in [2.75, 3.05) is 32.1 Å². The van der Waals surface area contributed by atoms with Crippen molar-refractivity contribution in [1.82, 2.24) is 9.62 Å². The minimum atomic E-state index is -3.62. The molecule has 1 aliphatic rings. The molecule has 1 aliphatic heterocycles. The highest BCUT2D eigenvalue weighted by molar-refractivity contribution is 7.89. The van der Waals surface area contributed by atoms with Crippen molar-refractivity contribution in [3.63, 3.8) is 0 Å². The summed E-state index contributed by atoms with van der Waals surface area (Å²) in [6.07, 6.45) is 0.964. The third-order valence-electron chi connectivity index (χ3n) is 6.50. The predicted octanol–water partition coefficient (Wildman–Crippen LogP) is 4.45. The van der Waals surface area contributed by atoms with E-state index in [-0.39, 0.29) is 6.04 Å². The molecule has 1 atom stereocenters. The number of hydrogen-bond donors (Lipinski definition) is 1. The van der Waals surface area contributed by atoms with Gasteiger partial charge in [-0.2, -0.15) is 0 Å². The number of rotatable bonds is 7. The van der Waals surface area contributed by atoms with Gasteiger partial charge in [0, 0.05) is 45.5 Å². The number of sulfonamides is 1. The summed E-state index contributed by atoms with van der Waals surface area (Å²) in [7, 11) is 0.418. The Balaban J connectivity index is 1.62. The number of anilines is 1. The Bertz CT molecular complexity index is 1220. The molecular formula is C27H33N3O2S. The number of nitrogens with one attached hydrogen (secondary N) is 1. The molecule has 1 heterocycles. The molecule has 0 saturated carbocycles. The summed E-state index contributed by atoms with van der Waals surface area (Å²) in [5, 5.41) is 0. The van der Waals surface area contributed by atoms with E-state index in [2.05, 4.69) is 63.1 Å². The SMILES string of the molecule is Cc1ccc(C)c(S(=O)(=O)NC[C@@H](c2ccc(N(C)C)cc2)N2CCc3ccccc3C2)c1. The fraction of sp³-hybridized carbons (Fsp3) is 0.333. The second-order valence-electron chi connectivity index (χ2n) is 9.11. The Morgan fingerprint density at radius 3 is 2.36 bits per heavy atom. The van der Waals surface area contributed by atoms with Crippen LogP contribution in [-0.2, 0) is 23.0 Å². The van der Waals surface area contributed by atoms with Gasteiger partial charge < -0.3 is 4.90 Å². The fourth-order valence-electron chi connectivity index (χ4n) is 4.50. The van der Waals surface area contributed by atoms with Crippen LogP contribution in [0, 0.1) is 13.8 Å². The first-order valence-corrected chi connectivity index (χ1v) is 12.9. The minimum absolute atomic E-state index is 0.0607. The Kier molecular flexibility index (Phi) is 6.88. The van der Waals surface area contributed by atoms with E-state index in [0.717, 1.165) is 41.9 Å². The lowest BCUT2D eigenvalue weighted by Gasteiger charge is -2.36. The molecule has 0 aromatic heterocycles. The lowest BCUT2D eigenvalue weighted by Crippen LogP contribution is -2.40. The summed E-state index contributed by atoms with van der Waals surface area (Å²) < 4.78 is 29.4. The van der Waals surface area contributed by atoms with Crippen LogP contribution in [0.1, 0.15) is 33.9 Å². The molecule has 0 saturated heterocycles. The second kappa shape index (κ2) is 9.67.